The van der Waals surface area contributed by atoms with Gasteiger partial charge in [-0.05, 0) is 60.7 Å². The molecule has 0 spiro atoms. The molecule has 1 saturated heterocycles. The van der Waals surface area contributed by atoms with Gasteiger partial charge in [0.15, 0.2) is 23.3 Å². The molecule has 4 rings (SSSR count). The van der Waals surface area contributed by atoms with Crippen molar-refractivity contribution in [3.05, 3.63) is 88.5 Å². The molecule has 2 amide bonds. The fourth-order valence-electron chi connectivity index (χ4n) is 3.47. The van der Waals surface area contributed by atoms with Crippen LogP contribution in [0.4, 0.5) is 43.4 Å². The number of hydrazine groups is 1. The van der Waals surface area contributed by atoms with E-state index in [-0.39, 0.29) is 5.69 Å². The summed E-state index contributed by atoms with van der Waals surface area (Å²) < 4.78 is 83.2. The van der Waals surface area contributed by atoms with Crippen molar-refractivity contribution in [2.75, 3.05) is 15.6 Å². The maximum absolute atomic E-state index is 14.4. The van der Waals surface area contributed by atoms with Crippen molar-refractivity contribution in [2.45, 2.75) is 12.5 Å². The number of carbonyl (C=O) groups is 2. The minimum atomic E-state index is -2.38. The highest BCUT2D eigenvalue weighted by Gasteiger charge is 2.45. The van der Waals surface area contributed by atoms with Gasteiger partial charge in [-0.3, -0.25) is 19.9 Å². The van der Waals surface area contributed by atoms with Crippen LogP contribution in [0.5, 0.6) is 0 Å². The van der Waals surface area contributed by atoms with Gasteiger partial charge in [0.1, 0.15) is 17.5 Å². The van der Waals surface area contributed by atoms with Gasteiger partial charge in [-0.25, -0.2) is 31.4 Å². The summed E-state index contributed by atoms with van der Waals surface area (Å²) in [6.07, 6.45) is -0.665. The van der Waals surface area contributed by atoms with Crippen molar-refractivity contribution in [1.82, 2.24) is 5.01 Å². The molecule has 1 aliphatic rings. The Balaban J connectivity index is 1.70. The highest BCUT2D eigenvalue weighted by atomic mass is 35.5. The van der Waals surface area contributed by atoms with Crippen molar-refractivity contribution in [1.29, 1.82) is 0 Å². The molecule has 6 nitrogen and oxygen atoms in total. The van der Waals surface area contributed by atoms with E-state index in [0.29, 0.717) is 15.7 Å². The van der Waals surface area contributed by atoms with Crippen molar-refractivity contribution < 1.29 is 35.9 Å². The summed E-state index contributed by atoms with van der Waals surface area (Å²) in [6, 6.07) is 8.67. The molecule has 0 bridgehead atoms. The Morgan fingerprint density at radius 2 is 1.41 bits per heavy atom. The average molecular weight is 559 g/mol. The number of carbonyl (C=O) groups excluding carboxylic acids is 2. The Morgan fingerprint density at radius 3 is 1.97 bits per heavy atom. The normalized spacial score (nSPS) is 15.4. The van der Waals surface area contributed by atoms with Crippen LogP contribution in [0.1, 0.15) is 6.42 Å². The first kappa shape index (κ1) is 26.2. The van der Waals surface area contributed by atoms with E-state index in [1.807, 2.05) is 5.43 Å². The Hall–Kier alpha value is -3.84. The van der Waals surface area contributed by atoms with Crippen LogP contribution in [0.3, 0.4) is 0 Å². The van der Waals surface area contributed by atoms with Gasteiger partial charge in [0, 0.05) is 10.7 Å². The molecule has 1 fully saturated rings. The largest absolute Gasteiger partial charge is 0.326 e. The summed E-state index contributed by atoms with van der Waals surface area (Å²) in [7, 11) is 0. The van der Waals surface area contributed by atoms with Crippen LogP contribution < -0.4 is 15.6 Å². The number of hydrogen-bond donors (Lipinski definition) is 2. The number of nitrogens with zero attached hydrogens (tertiary/aromatic N) is 2. The summed E-state index contributed by atoms with van der Waals surface area (Å²) in [5.41, 5.74) is 0.807. The molecule has 1 aliphatic heterocycles. The number of benzene rings is 3. The predicted octanol–water partition coefficient (Wildman–Crippen LogP) is 5.53. The van der Waals surface area contributed by atoms with Gasteiger partial charge in [0.2, 0.25) is 16.8 Å². The van der Waals surface area contributed by atoms with Gasteiger partial charge in [-0.15, -0.1) is 0 Å². The monoisotopic (exact) mass is 558 g/mol. The molecule has 0 saturated carbocycles. The molecule has 192 valence electrons. The molecule has 3 aromatic carbocycles. The lowest BCUT2D eigenvalue weighted by molar-refractivity contribution is -0.124. The van der Waals surface area contributed by atoms with E-state index in [1.54, 1.807) is 0 Å². The van der Waals surface area contributed by atoms with Crippen LogP contribution in [0.2, 0.25) is 5.02 Å². The molecule has 1 atom stereocenters. The Labute approximate surface area is 215 Å². The molecule has 0 radical (unpaired) electrons. The number of nitrogens with one attached hydrogen (secondary N) is 2. The second-order valence-electron chi connectivity index (χ2n) is 7.63. The van der Waals surface area contributed by atoms with E-state index >= 15 is 0 Å². The first-order valence-corrected chi connectivity index (χ1v) is 11.0. The van der Waals surface area contributed by atoms with E-state index in [4.69, 9.17) is 23.8 Å². The third-order valence-electron chi connectivity index (χ3n) is 5.25. The van der Waals surface area contributed by atoms with E-state index in [0.717, 1.165) is 17.0 Å². The molecular formula is C23H13ClF6N4O2S. The van der Waals surface area contributed by atoms with Crippen LogP contribution in [0.25, 0.3) is 0 Å². The predicted molar refractivity (Wildman–Crippen MR) is 127 cm³/mol. The number of anilines is 3. The second-order valence-corrected chi connectivity index (χ2v) is 8.44. The highest BCUT2D eigenvalue weighted by molar-refractivity contribution is 7.80. The first-order chi connectivity index (χ1) is 17.5. The topological polar surface area (TPSA) is 64.7 Å². The average Bonchev–Trinajstić information content (AvgIpc) is 3.09. The van der Waals surface area contributed by atoms with Crippen molar-refractivity contribution in [3.8, 4) is 0 Å². The fraction of sp³-hybridized carbons (Fsp3) is 0.0870. The molecule has 0 aliphatic carbocycles. The summed E-state index contributed by atoms with van der Waals surface area (Å²) >= 11 is 11.0. The molecule has 37 heavy (non-hydrogen) atoms. The van der Waals surface area contributed by atoms with Crippen LogP contribution in [0.15, 0.2) is 48.5 Å². The number of amides is 2. The zero-order chi connectivity index (χ0) is 27.0. The standard InChI is InChI=1S/C23H13ClF6N4O2S/c24-10-1-5-12(6-2-10)31-15(35)9-14-22(36)33(13-7-3-11(25)4-8-13)23(37)34(14)32-21-19(29)17(27)16(26)18(28)20(21)30/h1-8,14,32H,9H2,(H,31,35)/t14-/m1/s1. The fourth-order valence-corrected chi connectivity index (χ4v) is 3.97. The first-order valence-electron chi connectivity index (χ1n) is 10.3. The smallest absolute Gasteiger partial charge is 0.258 e. The van der Waals surface area contributed by atoms with E-state index in [1.165, 1.54) is 36.4 Å². The van der Waals surface area contributed by atoms with Gasteiger partial charge < -0.3 is 5.32 Å². The maximum Gasteiger partial charge on any atom is 0.258 e. The summed E-state index contributed by atoms with van der Waals surface area (Å²) in [5, 5.41) is 3.01. The lowest BCUT2D eigenvalue weighted by Gasteiger charge is -2.26. The van der Waals surface area contributed by atoms with Crippen molar-refractivity contribution in [3.63, 3.8) is 0 Å². The van der Waals surface area contributed by atoms with Crippen LogP contribution in [0, 0.1) is 34.9 Å². The Kier molecular flexibility index (Phi) is 7.28. The molecule has 2 N–H and O–H groups in total. The van der Waals surface area contributed by atoms with Gasteiger partial charge in [-0.1, -0.05) is 11.6 Å². The lowest BCUT2D eigenvalue weighted by Crippen LogP contribution is -2.42. The highest BCUT2D eigenvalue weighted by Crippen LogP contribution is 2.32. The maximum atomic E-state index is 14.4. The van der Waals surface area contributed by atoms with Crippen LogP contribution >= 0.6 is 23.8 Å². The third kappa shape index (κ3) is 5.04. The molecular weight excluding hydrogens is 546 g/mol. The minimum Gasteiger partial charge on any atom is -0.326 e. The molecule has 3 aromatic rings. The lowest BCUT2D eigenvalue weighted by atomic mass is 10.1. The Morgan fingerprint density at radius 1 is 0.865 bits per heavy atom. The van der Waals surface area contributed by atoms with Crippen molar-refractivity contribution in [2.24, 2.45) is 0 Å². The zero-order valence-corrected chi connectivity index (χ0v) is 19.7. The number of hydrogen-bond acceptors (Lipinski definition) is 4. The minimum absolute atomic E-state index is 0.0289. The SMILES string of the molecule is O=C(C[C@@H]1C(=O)N(c2ccc(F)cc2)C(=S)N1Nc1c(F)c(F)c(F)c(F)c1F)Nc1ccc(Cl)cc1. The Bertz CT molecular complexity index is 1380. The van der Waals surface area contributed by atoms with E-state index in [2.05, 4.69) is 5.32 Å². The summed E-state index contributed by atoms with van der Waals surface area (Å²) in [5.74, 6) is -13.6. The molecule has 0 aromatic heterocycles. The van der Waals surface area contributed by atoms with Gasteiger partial charge >= 0.3 is 0 Å². The van der Waals surface area contributed by atoms with Gasteiger partial charge in [0.25, 0.3) is 5.91 Å². The molecule has 1 heterocycles. The number of halogens is 7. The second kappa shape index (κ2) is 10.3. The van der Waals surface area contributed by atoms with Crippen LogP contribution in [-0.2, 0) is 9.59 Å². The third-order valence-corrected chi connectivity index (χ3v) is 5.88. The summed E-state index contributed by atoms with van der Waals surface area (Å²) in [6.45, 7) is 0. The van der Waals surface area contributed by atoms with E-state index in [9.17, 15) is 35.9 Å². The summed E-state index contributed by atoms with van der Waals surface area (Å²) in [4.78, 5) is 26.8. The van der Waals surface area contributed by atoms with Crippen LogP contribution in [-0.4, -0.2) is 28.0 Å². The van der Waals surface area contributed by atoms with Crippen molar-refractivity contribution >= 4 is 57.8 Å². The number of rotatable bonds is 6. The molecule has 0 unspecified atom stereocenters. The quantitative estimate of drug-likeness (QED) is 0.180. The van der Waals surface area contributed by atoms with Gasteiger partial charge in [0.05, 0.1) is 12.1 Å². The van der Waals surface area contributed by atoms with E-state index < -0.39 is 70.0 Å². The number of thiocarbonyl (C=S) groups is 1. The molecule has 14 heteroatoms. The zero-order valence-electron chi connectivity index (χ0n) is 18.2. The van der Waals surface area contributed by atoms with Gasteiger partial charge in [-0.2, -0.15) is 0 Å².